The highest BCUT2D eigenvalue weighted by molar-refractivity contribution is 7.92. The van der Waals surface area contributed by atoms with Gasteiger partial charge in [-0.2, -0.15) is 4.31 Å². The molecule has 29 heavy (non-hydrogen) atoms. The summed E-state index contributed by atoms with van der Waals surface area (Å²) in [4.78, 5) is 0.269. The van der Waals surface area contributed by atoms with Gasteiger partial charge < -0.3 is 0 Å². The van der Waals surface area contributed by atoms with E-state index in [1.54, 1.807) is 31.2 Å². The zero-order valence-corrected chi connectivity index (χ0v) is 18.2. The number of aryl methyl sites for hydroxylation is 2. The Hall–Kier alpha value is -1.90. The van der Waals surface area contributed by atoms with Crippen LogP contribution in [-0.2, 0) is 45.9 Å². The fourth-order valence-corrected chi connectivity index (χ4v) is 6.28. The van der Waals surface area contributed by atoms with Crippen molar-refractivity contribution in [2.45, 2.75) is 50.5 Å². The molecule has 2 aliphatic rings. The van der Waals surface area contributed by atoms with Crippen molar-refractivity contribution in [1.82, 2.24) is 4.31 Å². The van der Waals surface area contributed by atoms with E-state index in [1.165, 1.54) is 9.87 Å². The van der Waals surface area contributed by atoms with E-state index in [9.17, 15) is 16.8 Å². The lowest BCUT2D eigenvalue weighted by Crippen LogP contribution is -2.36. The number of hydrogen-bond acceptors (Lipinski definition) is 4. The summed E-state index contributed by atoms with van der Waals surface area (Å²) in [5.41, 5.74) is 4.71. The molecule has 1 aliphatic heterocycles. The third-order valence-electron chi connectivity index (χ3n) is 5.82. The van der Waals surface area contributed by atoms with Crippen LogP contribution in [0.4, 0.5) is 5.69 Å². The van der Waals surface area contributed by atoms with Gasteiger partial charge in [0.25, 0.3) is 10.0 Å². The molecule has 0 aromatic heterocycles. The second-order valence-corrected chi connectivity index (χ2v) is 11.7. The maximum Gasteiger partial charge on any atom is 0.261 e. The number of fused-ring (bicyclic) bond motifs is 2. The van der Waals surface area contributed by atoms with E-state index < -0.39 is 20.0 Å². The summed E-state index contributed by atoms with van der Waals surface area (Å²) in [5.74, 6) is 0.0625. The van der Waals surface area contributed by atoms with Gasteiger partial charge >= 0.3 is 0 Å². The van der Waals surface area contributed by atoms with E-state index in [0.29, 0.717) is 18.7 Å². The average molecular weight is 435 g/mol. The van der Waals surface area contributed by atoms with Gasteiger partial charge in [-0.3, -0.25) is 4.72 Å². The topological polar surface area (TPSA) is 83.6 Å². The van der Waals surface area contributed by atoms with E-state index in [0.717, 1.165) is 42.4 Å². The Bertz CT molecular complexity index is 1140. The lowest BCUT2D eigenvalue weighted by molar-refractivity contribution is 0.392. The average Bonchev–Trinajstić information content (AvgIpc) is 2.72. The predicted molar refractivity (Wildman–Crippen MR) is 114 cm³/mol. The maximum absolute atomic E-state index is 12.9. The Kier molecular flexibility index (Phi) is 5.44. The Morgan fingerprint density at radius 2 is 1.55 bits per heavy atom. The Labute approximate surface area is 173 Å². The maximum atomic E-state index is 12.9. The van der Waals surface area contributed by atoms with Crippen molar-refractivity contribution in [3.05, 3.63) is 58.7 Å². The number of benzene rings is 2. The largest absolute Gasteiger partial charge is 0.280 e. The molecule has 0 saturated heterocycles. The number of sulfonamides is 2. The van der Waals surface area contributed by atoms with Crippen LogP contribution in [0, 0.1) is 0 Å². The quantitative estimate of drug-likeness (QED) is 0.784. The van der Waals surface area contributed by atoms with E-state index >= 15 is 0 Å². The fraction of sp³-hybridized carbons (Fsp3) is 0.429. The SMILES string of the molecule is CCS(=O)(=O)N1CCc2ccc(NS(=O)(=O)c3ccc4c(c3)CCCC4)cc2C1. The van der Waals surface area contributed by atoms with Gasteiger partial charge in [0.2, 0.25) is 10.0 Å². The molecule has 0 amide bonds. The van der Waals surface area contributed by atoms with E-state index in [1.807, 2.05) is 12.1 Å². The number of hydrogen-bond donors (Lipinski definition) is 1. The molecule has 0 radical (unpaired) electrons. The van der Waals surface area contributed by atoms with Crippen LogP contribution < -0.4 is 4.72 Å². The van der Waals surface area contributed by atoms with Gasteiger partial charge in [0.05, 0.1) is 10.6 Å². The van der Waals surface area contributed by atoms with Crippen LogP contribution in [0.2, 0.25) is 0 Å². The molecule has 1 heterocycles. The Balaban J connectivity index is 1.58. The molecule has 0 fully saturated rings. The molecule has 0 atom stereocenters. The van der Waals surface area contributed by atoms with Crippen molar-refractivity contribution in [1.29, 1.82) is 0 Å². The molecule has 8 heteroatoms. The standard InChI is InChI=1S/C21H26N2O4S2/c1-2-28(24,25)23-12-11-17-7-9-20(13-19(17)15-23)22-29(26,27)21-10-8-16-5-3-4-6-18(16)14-21/h7-10,13-14,22H,2-6,11-12,15H2,1H3. The highest BCUT2D eigenvalue weighted by atomic mass is 32.2. The minimum Gasteiger partial charge on any atom is -0.280 e. The molecule has 0 unspecified atom stereocenters. The van der Waals surface area contributed by atoms with Gasteiger partial charge in [-0.25, -0.2) is 16.8 Å². The van der Waals surface area contributed by atoms with Crippen molar-refractivity contribution in [2.75, 3.05) is 17.0 Å². The van der Waals surface area contributed by atoms with Crippen LogP contribution in [0.1, 0.15) is 42.0 Å². The summed E-state index contributed by atoms with van der Waals surface area (Å²) in [6.45, 7) is 2.37. The van der Waals surface area contributed by atoms with Crippen LogP contribution in [0.25, 0.3) is 0 Å². The molecule has 0 spiro atoms. The summed E-state index contributed by atoms with van der Waals surface area (Å²) in [5, 5.41) is 0. The molecule has 1 aliphatic carbocycles. The normalized spacial score (nSPS) is 17.4. The van der Waals surface area contributed by atoms with Crippen LogP contribution in [0.15, 0.2) is 41.3 Å². The first-order valence-corrected chi connectivity index (χ1v) is 13.1. The van der Waals surface area contributed by atoms with Crippen LogP contribution in [0.3, 0.4) is 0 Å². The Morgan fingerprint density at radius 1 is 0.862 bits per heavy atom. The minimum atomic E-state index is -3.70. The first-order valence-electron chi connectivity index (χ1n) is 10.0. The second kappa shape index (κ2) is 7.74. The molecular weight excluding hydrogens is 408 g/mol. The summed E-state index contributed by atoms with van der Waals surface area (Å²) < 4.78 is 54.3. The van der Waals surface area contributed by atoms with Crippen molar-refractivity contribution >= 4 is 25.7 Å². The van der Waals surface area contributed by atoms with Crippen molar-refractivity contribution in [3.8, 4) is 0 Å². The van der Waals surface area contributed by atoms with Gasteiger partial charge in [-0.05, 0) is 85.5 Å². The second-order valence-electron chi connectivity index (χ2n) is 7.71. The smallest absolute Gasteiger partial charge is 0.261 e. The molecule has 156 valence electrons. The molecule has 2 aromatic carbocycles. The number of nitrogens with one attached hydrogen (secondary N) is 1. The zero-order chi connectivity index (χ0) is 20.6. The summed E-state index contributed by atoms with van der Waals surface area (Å²) >= 11 is 0. The molecule has 0 saturated carbocycles. The van der Waals surface area contributed by atoms with Crippen LogP contribution >= 0.6 is 0 Å². The van der Waals surface area contributed by atoms with Crippen molar-refractivity contribution in [2.24, 2.45) is 0 Å². The summed E-state index contributed by atoms with van der Waals surface area (Å²) in [6, 6.07) is 10.8. The molecule has 2 aromatic rings. The van der Waals surface area contributed by atoms with Crippen molar-refractivity contribution < 1.29 is 16.8 Å². The zero-order valence-electron chi connectivity index (χ0n) is 16.5. The monoisotopic (exact) mass is 434 g/mol. The lowest BCUT2D eigenvalue weighted by atomic mass is 9.92. The van der Waals surface area contributed by atoms with Crippen LogP contribution in [0.5, 0.6) is 0 Å². The van der Waals surface area contributed by atoms with E-state index in [-0.39, 0.29) is 17.2 Å². The molecule has 1 N–H and O–H groups in total. The number of nitrogens with zero attached hydrogens (tertiary/aromatic N) is 1. The van der Waals surface area contributed by atoms with E-state index in [4.69, 9.17) is 0 Å². The number of anilines is 1. The highest BCUT2D eigenvalue weighted by Gasteiger charge is 2.26. The lowest BCUT2D eigenvalue weighted by Gasteiger charge is -2.28. The summed E-state index contributed by atoms with van der Waals surface area (Å²) in [7, 11) is -6.97. The molecule has 6 nitrogen and oxygen atoms in total. The highest BCUT2D eigenvalue weighted by Crippen LogP contribution is 2.28. The predicted octanol–water partition coefficient (Wildman–Crippen LogP) is 3.07. The van der Waals surface area contributed by atoms with Gasteiger partial charge in [0, 0.05) is 18.8 Å². The van der Waals surface area contributed by atoms with E-state index in [2.05, 4.69) is 4.72 Å². The molecular formula is C21H26N2O4S2. The van der Waals surface area contributed by atoms with Crippen molar-refractivity contribution in [3.63, 3.8) is 0 Å². The van der Waals surface area contributed by atoms with Gasteiger partial charge in [0.15, 0.2) is 0 Å². The minimum absolute atomic E-state index is 0.0625. The first kappa shape index (κ1) is 20.4. The summed E-state index contributed by atoms with van der Waals surface area (Å²) in [6.07, 6.45) is 4.79. The van der Waals surface area contributed by atoms with Crippen LogP contribution in [-0.4, -0.2) is 33.4 Å². The molecule has 4 rings (SSSR count). The fourth-order valence-electron chi connectivity index (χ4n) is 4.11. The first-order chi connectivity index (χ1) is 13.8. The number of rotatable bonds is 5. The molecule has 0 bridgehead atoms. The third-order valence-corrected chi connectivity index (χ3v) is 9.03. The van der Waals surface area contributed by atoms with Gasteiger partial charge in [0.1, 0.15) is 0 Å². The third kappa shape index (κ3) is 4.20. The van der Waals surface area contributed by atoms with Gasteiger partial charge in [-0.15, -0.1) is 0 Å². The van der Waals surface area contributed by atoms with Gasteiger partial charge in [-0.1, -0.05) is 12.1 Å². The Morgan fingerprint density at radius 3 is 2.31 bits per heavy atom.